The van der Waals surface area contributed by atoms with Crippen molar-refractivity contribution >= 4 is 5.91 Å². The van der Waals surface area contributed by atoms with Crippen LogP contribution in [0, 0.1) is 0 Å². The van der Waals surface area contributed by atoms with E-state index in [1.165, 1.54) is 0 Å². The van der Waals surface area contributed by atoms with Crippen molar-refractivity contribution < 1.29 is 9.53 Å². The Bertz CT molecular complexity index is 170. The zero-order chi connectivity index (χ0) is 9.61. The lowest BCUT2D eigenvalue weighted by Crippen LogP contribution is -2.09. The molecule has 0 aliphatic heterocycles. The number of methoxy groups -OCH3 is 1. The molecule has 4 nitrogen and oxygen atoms in total. The number of rotatable bonds is 3. The number of hydrogen-bond donors (Lipinski definition) is 0. The summed E-state index contributed by atoms with van der Waals surface area (Å²) in [5.74, 6) is -0.230. The largest absolute Gasteiger partial charge is 0.384 e. The lowest BCUT2D eigenvalue weighted by molar-refractivity contribution is -0.119. The van der Waals surface area contributed by atoms with Crippen LogP contribution in [0.25, 0.3) is 0 Å². The summed E-state index contributed by atoms with van der Waals surface area (Å²) in [6, 6.07) is 0. The minimum atomic E-state index is -0.275. The molecular weight excluding hydrogens is 156 g/mol. The number of carbonyl (C=O) groups is 1. The third-order valence-corrected chi connectivity index (χ3v) is 0.982. The van der Waals surface area contributed by atoms with Crippen molar-refractivity contribution in [2.24, 2.45) is 10.2 Å². The van der Waals surface area contributed by atoms with E-state index in [0.717, 1.165) is 0 Å². The van der Waals surface area contributed by atoms with Gasteiger partial charge >= 0.3 is 0 Å². The van der Waals surface area contributed by atoms with Gasteiger partial charge in [0, 0.05) is 7.11 Å². The Labute approximate surface area is 73.0 Å². The van der Waals surface area contributed by atoms with Crippen molar-refractivity contribution in [2.45, 2.75) is 32.7 Å². The van der Waals surface area contributed by atoms with Crippen LogP contribution in [0.5, 0.6) is 0 Å². The van der Waals surface area contributed by atoms with Gasteiger partial charge in [-0.1, -0.05) is 0 Å². The van der Waals surface area contributed by atoms with Crippen LogP contribution in [-0.4, -0.2) is 25.2 Å². The molecule has 0 saturated heterocycles. The molecule has 0 rings (SSSR count). The van der Waals surface area contributed by atoms with E-state index in [0.29, 0.717) is 13.0 Å². The van der Waals surface area contributed by atoms with Gasteiger partial charge in [0.05, 0.1) is 18.6 Å². The minimum Gasteiger partial charge on any atom is -0.384 e. The maximum absolute atomic E-state index is 10.9. The fraction of sp³-hybridized carbons (Fsp3) is 0.875. The van der Waals surface area contributed by atoms with E-state index < -0.39 is 0 Å². The highest BCUT2D eigenvalue weighted by molar-refractivity contribution is 5.76. The molecule has 4 heteroatoms. The summed E-state index contributed by atoms with van der Waals surface area (Å²) in [6.07, 6.45) is 0.302. The first-order valence-electron chi connectivity index (χ1n) is 3.90. The lowest BCUT2D eigenvalue weighted by atomic mass is 10.1. The number of amides is 1. The van der Waals surface area contributed by atoms with Crippen LogP contribution in [0.1, 0.15) is 27.2 Å². The summed E-state index contributed by atoms with van der Waals surface area (Å²) in [6.45, 7) is 6.07. The fourth-order valence-corrected chi connectivity index (χ4v) is 0.445. The third kappa shape index (κ3) is 7.34. The van der Waals surface area contributed by atoms with Gasteiger partial charge in [0.1, 0.15) is 0 Å². The summed E-state index contributed by atoms with van der Waals surface area (Å²) in [4.78, 5) is 10.9. The Morgan fingerprint density at radius 1 is 1.42 bits per heavy atom. The molecule has 0 N–H and O–H groups in total. The van der Waals surface area contributed by atoms with Crippen LogP contribution in [0.15, 0.2) is 10.2 Å². The van der Waals surface area contributed by atoms with Gasteiger partial charge in [-0.05, 0) is 20.8 Å². The Hall–Kier alpha value is -0.770. The molecule has 0 aromatic rings. The predicted molar refractivity (Wildman–Crippen MR) is 46.1 cm³/mol. The standard InChI is InChI=1S/C8H16N2O2/c1-8(2,3)10-9-7(11)5-6-12-4/h5-6H2,1-4H3. The molecule has 0 fully saturated rings. The zero-order valence-electron chi connectivity index (χ0n) is 8.13. The normalized spacial score (nSPS) is 12.3. The van der Waals surface area contributed by atoms with Gasteiger partial charge in [0.15, 0.2) is 0 Å². The van der Waals surface area contributed by atoms with E-state index in [1.54, 1.807) is 7.11 Å². The summed E-state index contributed by atoms with van der Waals surface area (Å²) in [7, 11) is 1.55. The van der Waals surface area contributed by atoms with Crippen LogP contribution in [0.2, 0.25) is 0 Å². The summed E-state index contributed by atoms with van der Waals surface area (Å²) >= 11 is 0. The summed E-state index contributed by atoms with van der Waals surface area (Å²) < 4.78 is 4.72. The Kier molecular flexibility index (Phi) is 4.66. The van der Waals surface area contributed by atoms with E-state index in [2.05, 4.69) is 10.2 Å². The maximum Gasteiger partial charge on any atom is 0.266 e. The molecule has 0 unspecified atom stereocenters. The highest BCUT2D eigenvalue weighted by atomic mass is 16.5. The number of nitrogens with zero attached hydrogens (tertiary/aromatic N) is 2. The molecule has 0 heterocycles. The lowest BCUT2D eigenvalue weighted by Gasteiger charge is -2.07. The van der Waals surface area contributed by atoms with E-state index >= 15 is 0 Å². The Morgan fingerprint density at radius 2 is 2.00 bits per heavy atom. The van der Waals surface area contributed by atoms with Crippen molar-refractivity contribution in [3.63, 3.8) is 0 Å². The monoisotopic (exact) mass is 172 g/mol. The van der Waals surface area contributed by atoms with Gasteiger partial charge in [-0.3, -0.25) is 4.79 Å². The first-order valence-corrected chi connectivity index (χ1v) is 3.90. The van der Waals surface area contributed by atoms with Gasteiger partial charge in [-0.2, -0.15) is 5.11 Å². The smallest absolute Gasteiger partial charge is 0.266 e. The SMILES string of the molecule is COCCC(=O)N=NC(C)(C)C. The molecule has 0 radical (unpaired) electrons. The second kappa shape index (κ2) is 4.98. The Morgan fingerprint density at radius 3 is 2.42 bits per heavy atom. The topological polar surface area (TPSA) is 51.0 Å². The Balaban J connectivity index is 3.76. The molecule has 0 aromatic carbocycles. The average Bonchev–Trinajstić information content (AvgIpc) is 1.95. The van der Waals surface area contributed by atoms with Crippen LogP contribution >= 0.6 is 0 Å². The van der Waals surface area contributed by atoms with Gasteiger partial charge in [-0.25, -0.2) is 0 Å². The van der Waals surface area contributed by atoms with E-state index in [-0.39, 0.29) is 11.4 Å². The predicted octanol–water partition coefficient (Wildman–Crippen LogP) is 1.80. The van der Waals surface area contributed by atoms with Gasteiger partial charge < -0.3 is 4.74 Å². The third-order valence-electron chi connectivity index (χ3n) is 0.982. The second-order valence-corrected chi connectivity index (χ2v) is 3.51. The van der Waals surface area contributed by atoms with Crippen molar-refractivity contribution in [1.82, 2.24) is 0 Å². The fourth-order valence-electron chi connectivity index (χ4n) is 0.445. The van der Waals surface area contributed by atoms with Crippen LogP contribution in [-0.2, 0) is 9.53 Å². The highest BCUT2D eigenvalue weighted by Crippen LogP contribution is 2.06. The number of carbonyl (C=O) groups excluding carboxylic acids is 1. The second-order valence-electron chi connectivity index (χ2n) is 3.51. The summed E-state index contributed by atoms with van der Waals surface area (Å²) in [5.41, 5.74) is -0.275. The molecule has 70 valence electrons. The first-order chi connectivity index (χ1) is 5.45. The van der Waals surface area contributed by atoms with Gasteiger partial charge in [0.2, 0.25) is 0 Å². The molecule has 0 bridgehead atoms. The van der Waals surface area contributed by atoms with Crippen LogP contribution in [0.4, 0.5) is 0 Å². The minimum absolute atomic E-state index is 0.230. The summed E-state index contributed by atoms with van der Waals surface area (Å²) in [5, 5.41) is 7.37. The maximum atomic E-state index is 10.9. The molecular formula is C8H16N2O2. The molecule has 0 saturated carbocycles. The molecule has 0 aromatic heterocycles. The first kappa shape index (κ1) is 11.2. The van der Waals surface area contributed by atoms with E-state index in [9.17, 15) is 4.79 Å². The van der Waals surface area contributed by atoms with Crippen molar-refractivity contribution in [3.8, 4) is 0 Å². The quantitative estimate of drug-likeness (QED) is 0.609. The van der Waals surface area contributed by atoms with Gasteiger partial charge in [0.25, 0.3) is 5.91 Å². The van der Waals surface area contributed by atoms with E-state index in [1.807, 2.05) is 20.8 Å². The average molecular weight is 172 g/mol. The number of hydrogen-bond acceptors (Lipinski definition) is 3. The molecule has 12 heavy (non-hydrogen) atoms. The highest BCUT2D eigenvalue weighted by Gasteiger charge is 2.07. The molecule has 0 atom stereocenters. The van der Waals surface area contributed by atoms with Gasteiger partial charge in [-0.15, -0.1) is 5.11 Å². The molecule has 0 spiro atoms. The van der Waals surface area contributed by atoms with E-state index in [4.69, 9.17) is 4.74 Å². The zero-order valence-corrected chi connectivity index (χ0v) is 8.13. The molecule has 1 amide bonds. The van der Waals surface area contributed by atoms with Crippen molar-refractivity contribution in [2.75, 3.05) is 13.7 Å². The number of azo groups is 1. The van der Waals surface area contributed by atoms with Crippen molar-refractivity contribution in [3.05, 3.63) is 0 Å². The van der Waals surface area contributed by atoms with Crippen LogP contribution < -0.4 is 0 Å². The molecule has 0 aliphatic rings. The molecule has 0 aliphatic carbocycles. The van der Waals surface area contributed by atoms with Crippen LogP contribution in [0.3, 0.4) is 0 Å². The number of ether oxygens (including phenoxy) is 1. The van der Waals surface area contributed by atoms with Crippen molar-refractivity contribution in [1.29, 1.82) is 0 Å².